The van der Waals surface area contributed by atoms with Gasteiger partial charge in [0.15, 0.2) is 6.29 Å². The number of aryl methyl sites for hydroxylation is 2. The van der Waals surface area contributed by atoms with Crippen molar-refractivity contribution < 1.29 is 18.3 Å². The predicted octanol–water partition coefficient (Wildman–Crippen LogP) is 2.89. The molecule has 0 bridgehead atoms. The van der Waals surface area contributed by atoms with Gasteiger partial charge in [0, 0.05) is 24.0 Å². The number of ether oxygens (including phenoxy) is 1. The maximum absolute atomic E-state index is 14.0. The van der Waals surface area contributed by atoms with Crippen LogP contribution in [0, 0.1) is 25.5 Å². The highest BCUT2D eigenvalue weighted by molar-refractivity contribution is 6.38. The van der Waals surface area contributed by atoms with E-state index in [1.165, 1.54) is 22.9 Å². The summed E-state index contributed by atoms with van der Waals surface area (Å²) in [6, 6.07) is 4.60. The second kappa shape index (κ2) is 9.68. The van der Waals surface area contributed by atoms with Crippen LogP contribution in [0.1, 0.15) is 41.3 Å². The fourth-order valence-corrected chi connectivity index (χ4v) is 2.82. The molecule has 156 valence electrons. The van der Waals surface area contributed by atoms with Crippen molar-refractivity contribution in [1.82, 2.24) is 14.5 Å². The average Bonchev–Trinajstić information content (AvgIpc) is 2.69. The Labute approximate surface area is 181 Å². The van der Waals surface area contributed by atoms with Crippen molar-refractivity contribution in [2.24, 2.45) is 0 Å². The van der Waals surface area contributed by atoms with Crippen molar-refractivity contribution >= 4 is 22.0 Å². The highest BCUT2D eigenvalue weighted by Crippen LogP contribution is 2.25. The highest BCUT2D eigenvalue weighted by Gasteiger charge is 2.28. The number of aldehydes is 1. The first-order chi connectivity index (χ1) is 14.6. The fraction of sp³-hybridized carbons (Fsp3) is 0.238. The third-order valence-corrected chi connectivity index (χ3v) is 4.11. The van der Waals surface area contributed by atoms with Gasteiger partial charge in [0.2, 0.25) is 0 Å². The van der Waals surface area contributed by atoms with Crippen molar-refractivity contribution in [1.29, 1.82) is 0 Å². The van der Waals surface area contributed by atoms with Crippen LogP contribution in [0.4, 0.5) is 8.78 Å². The summed E-state index contributed by atoms with van der Waals surface area (Å²) in [7, 11) is 11.6. The lowest BCUT2D eigenvalue weighted by Gasteiger charge is -2.28. The van der Waals surface area contributed by atoms with Crippen LogP contribution < -0.4 is 10.3 Å². The molecule has 0 aliphatic heterocycles. The van der Waals surface area contributed by atoms with Crippen molar-refractivity contribution in [2.75, 3.05) is 0 Å². The molecular formula is C21H19B2F2N3O3. The molecule has 0 saturated carbocycles. The first kappa shape index (κ1) is 24.0. The first-order valence-electron chi connectivity index (χ1n) is 9.36. The number of rotatable bonds is 5. The average molecular weight is 421 g/mol. The fourth-order valence-electron chi connectivity index (χ4n) is 2.82. The van der Waals surface area contributed by atoms with E-state index >= 15 is 0 Å². The lowest BCUT2D eigenvalue weighted by atomic mass is 9.62. The molecule has 0 N–H and O–H groups in total. The van der Waals surface area contributed by atoms with Gasteiger partial charge in [0.1, 0.15) is 44.5 Å². The van der Waals surface area contributed by atoms with Gasteiger partial charge in [-0.15, -0.1) is 0 Å². The molecule has 0 aliphatic rings. The Morgan fingerprint density at radius 1 is 1.06 bits per heavy atom. The van der Waals surface area contributed by atoms with E-state index < -0.39 is 28.3 Å². The van der Waals surface area contributed by atoms with Crippen LogP contribution in [-0.2, 0) is 5.40 Å². The van der Waals surface area contributed by atoms with Gasteiger partial charge in [-0.2, -0.15) is 0 Å². The maximum Gasteiger partial charge on any atom is 0.259 e. The summed E-state index contributed by atoms with van der Waals surface area (Å²) in [5.74, 6) is -2.03. The zero-order valence-corrected chi connectivity index (χ0v) is 17.5. The highest BCUT2D eigenvalue weighted by atomic mass is 19.1. The van der Waals surface area contributed by atoms with E-state index in [1.54, 1.807) is 13.8 Å². The smallest absolute Gasteiger partial charge is 0.259 e. The minimum absolute atomic E-state index is 0.0402. The van der Waals surface area contributed by atoms with E-state index in [1.807, 2.05) is 13.8 Å². The molecule has 3 aromatic rings. The predicted molar refractivity (Wildman–Crippen MR) is 114 cm³/mol. The molecule has 3 aromatic heterocycles. The summed E-state index contributed by atoms with van der Waals surface area (Å²) in [5, 5.41) is -2.25. The van der Waals surface area contributed by atoms with Gasteiger partial charge >= 0.3 is 0 Å². The molecule has 6 nitrogen and oxygen atoms in total. The number of aromatic nitrogens is 3. The summed E-state index contributed by atoms with van der Waals surface area (Å²) in [6.45, 7) is 7.36. The van der Waals surface area contributed by atoms with Crippen LogP contribution in [0.5, 0.6) is 5.75 Å². The molecule has 0 aromatic carbocycles. The van der Waals surface area contributed by atoms with Crippen molar-refractivity contribution in [2.45, 2.75) is 33.1 Å². The minimum Gasteiger partial charge on any atom is -0.501 e. The molecule has 3 rings (SSSR count). The van der Waals surface area contributed by atoms with Crippen LogP contribution in [0.25, 0.3) is 5.69 Å². The molecule has 0 atom stereocenters. The SMILES string of the molecule is CC.[B]C([B])(Oc1cc(C)n(-c2cc(C=O)ncc2C)c(=O)c1)c1ncc(F)cc1F. The number of pyridine rings is 3. The van der Waals surface area contributed by atoms with Crippen LogP contribution in [-0.4, -0.2) is 36.5 Å². The molecule has 31 heavy (non-hydrogen) atoms. The first-order valence-corrected chi connectivity index (χ1v) is 9.36. The van der Waals surface area contributed by atoms with Crippen molar-refractivity contribution in [3.63, 3.8) is 0 Å². The number of carbonyl (C=O) groups is 1. The molecule has 0 spiro atoms. The molecule has 0 fully saturated rings. The molecule has 0 saturated heterocycles. The lowest BCUT2D eigenvalue weighted by Crippen LogP contribution is -2.37. The van der Waals surface area contributed by atoms with Gasteiger partial charge in [0.05, 0.1) is 17.3 Å². The summed E-state index contributed by atoms with van der Waals surface area (Å²) in [5.41, 5.74) is 0.698. The Bertz CT molecular complexity index is 1170. The molecule has 10 heteroatoms. The molecule has 4 radical (unpaired) electrons. The van der Waals surface area contributed by atoms with Crippen molar-refractivity contribution in [3.8, 4) is 11.4 Å². The number of halogens is 2. The van der Waals surface area contributed by atoms with Gasteiger partial charge in [-0.05, 0) is 31.5 Å². The van der Waals surface area contributed by atoms with Crippen LogP contribution in [0.15, 0.2) is 41.5 Å². The number of carbonyl (C=O) groups excluding carboxylic acids is 1. The summed E-state index contributed by atoms with van der Waals surface area (Å²) in [6.07, 6.45) is 2.79. The topological polar surface area (TPSA) is 74.1 Å². The maximum atomic E-state index is 14.0. The number of hydrogen-bond acceptors (Lipinski definition) is 5. The van der Waals surface area contributed by atoms with E-state index in [4.69, 9.17) is 20.4 Å². The van der Waals surface area contributed by atoms with Crippen LogP contribution in [0.2, 0.25) is 0 Å². The third kappa shape index (κ3) is 5.25. The zero-order valence-electron chi connectivity index (χ0n) is 17.5. The second-order valence-electron chi connectivity index (χ2n) is 6.40. The largest absolute Gasteiger partial charge is 0.501 e. The second-order valence-corrected chi connectivity index (χ2v) is 6.40. The summed E-state index contributed by atoms with van der Waals surface area (Å²) < 4.78 is 33.8. The lowest BCUT2D eigenvalue weighted by molar-refractivity contribution is 0.111. The van der Waals surface area contributed by atoms with E-state index in [0.717, 1.165) is 12.3 Å². The normalized spacial score (nSPS) is 10.8. The molecule has 0 amide bonds. The van der Waals surface area contributed by atoms with Gasteiger partial charge in [0.25, 0.3) is 5.56 Å². The van der Waals surface area contributed by atoms with Crippen molar-refractivity contribution in [3.05, 3.63) is 81.3 Å². The number of hydrogen-bond donors (Lipinski definition) is 0. The van der Waals surface area contributed by atoms with E-state index in [-0.39, 0.29) is 11.4 Å². The Morgan fingerprint density at radius 3 is 2.32 bits per heavy atom. The quantitative estimate of drug-likeness (QED) is 0.468. The third-order valence-electron chi connectivity index (χ3n) is 4.11. The Hall–Kier alpha value is -3.29. The molecule has 0 aliphatic carbocycles. The van der Waals surface area contributed by atoms with E-state index in [9.17, 15) is 18.4 Å². The monoisotopic (exact) mass is 421 g/mol. The van der Waals surface area contributed by atoms with Crippen LogP contribution >= 0.6 is 0 Å². The van der Waals surface area contributed by atoms with Gasteiger partial charge < -0.3 is 4.74 Å². The summed E-state index contributed by atoms with van der Waals surface area (Å²) in [4.78, 5) is 31.2. The van der Waals surface area contributed by atoms with E-state index in [2.05, 4.69) is 9.97 Å². The minimum atomic E-state index is -2.25. The number of nitrogens with zero attached hydrogens (tertiary/aromatic N) is 3. The molecule has 0 unspecified atom stereocenters. The Morgan fingerprint density at radius 2 is 1.74 bits per heavy atom. The Balaban J connectivity index is 0.00000166. The molecular weight excluding hydrogens is 402 g/mol. The summed E-state index contributed by atoms with van der Waals surface area (Å²) >= 11 is 0. The Kier molecular flexibility index (Phi) is 7.49. The zero-order chi connectivity index (χ0) is 23.3. The van der Waals surface area contributed by atoms with E-state index in [0.29, 0.717) is 29.3 Å². The van der Waals surface area contributed by atoms with Gasteiger partial charge in [-0.1, -0.05) is 13.8 Å². The van der Waals surface area contributed by atoms with Gasteiger partial charge in [-0.3, -0.25) is 24.1 Å². The molecule has 3 heterocycles. The van der Waals surface area contributed by atoms with Gasteiger partial charge in [-0.25, -0.2) is 8.78 Å². The standard InChI is InChI=1S/C19H13B2F2N3O3.C2H6/c1-10-7-24-13(9-27)5-16(10)26-11(2)3-14(6-17(26)28)29-19(20,21)18-15(23)4-12(22)8-25-18;1-2/h3-9H,1-2H3;1-2H3. The van der Waals surface area contributed by atoms with Crippen LogP contribution in [0.3, 0.4) is 0 Å².